The van der Waals surface area contributed by atoms with Crippen molar-refractivity contribution in [2.24, 2.45) is 5.92 Å². The van der Waals surface area contributed by atoms with Crippen molar-refractivity contribution < 1.29 is 40.5 Å². The molecule has 0 amide bonds. The van der Waals surface area contributed by atoms with Crippen LogP contribution in [-0.4, -0.2) is 33.8 Å². The smallest absolute Gasteiger partial charge is 0.457 e. The third-order valence-corrected chi connectivity index (χ3v) is 5.71. The molecule has 1 saturated heterocycles. The molecule has 1 aliphatic heterocycles. The second-order valence-corrected chi connectivity index (χ2v) is 9.08. The van der Waals surface area contributed by atoms with E-state index in [-0.39, 0.29) is 22.3 Å². The van der Waals surface area contributed by atoms with Crippen molar-refractivity contribution in [3.63, 3.8) is 0 Å². The maximum absolute atomic E-state index is 12.5. The van der Waals surface area contributed by atoms with E-state index in [1.807, 2.05) is 0 Å². The van der Waals surface area contributed by atoms with Gasteiger partial charge >= 0.3 is 6.36 Å². The molecule has 1 fully saturated rings. The third kappa shape index (κ3) is 6.98. The lowest BCUT2D eigenvalue weighted by atomic mass is 10.1. The Balaban J connectivity index is 1.61. The topological polar surface area (TPSA) is 71.1 Å². The van der Waals surface area contributed by atoms with Crippen LogP contribution in [0.4, 0.5) is 13.2 Å². The number of alkyl halides is 3. The second kappa shape index (κ2) is 8.89. The van der Waals surface area contributed by atoms with Gasteiger partial charge in [-0.05, 0) is 62.4 Å². The Morgan fingerprint density at radius 3 is 1.94 bits per heavy atom. The van der Waals surface area contributed by atoms with Crippen molar-refractivity contribution in [3.8, 4) is 17.2 Å². The molecular weight excluding hydrogens is 437 g/mol. The van der Waals surface area contributed by atoms with Gasteiger partial charge in [-0.3, -0.25) is 0 Å². The van der Waals surface area contributed by atoms with Crippen LogP contribution in [-0.2, 0) is 19.3 Å². The number of halogens is 3. The van der Waals surface area contributed by atoms with Crippen molar-refractivity contribution in [1.29, 1.82) is 0 Å². The molecular formula is C21H21F3O6S. The van der Waals surface area contributed by atoms with Crippen LogP contribution in [0.2, 0.25) is 0 Å². The van der Waals surface area contributed by atoms with Gasteiger partial charge in [0.1, 0.15) is 17.2 Å². The van der Waals surface area contributed by atoms with Crippen LogP contribution in [0.1, 0.15) is 13.8 Å². The van der Waals surface area contributed by atoms with E-state index in [2.05, 4.69) is 4.74 Å². The van der Waals surface area contributed by atoms with Crippen molar-refractivity contribution in [2.75, 3.05) is 13.2 Å². The molecule has 0 N–H and O–H groups in total. The molecule has 2 aromatic rings. The van der Waals surface area contributed by atoms with Gasteiger partial charge in [-0.15, -0.1) is 13.2 Å². The van der Waals surface area contributed by atoms with E-state index in [0.29, 0.717) is 19.0 Å². The predicted octanol–water partition coefficient (Wildman–Crippen LogP) is 5.06. The van der Waals surface area contributed by atoms with Crippen molar-refractivity contribution in [2.45, 2.75) is 30.9 Å². The molecule has 168 valence electrons. The summed E-state index contributed by atoms with van der Waals surface area (Å²) in [5.74, 6) is -0.626. The highest BCUT2D eigenvalue weighted by molar-refractivity contribution is 7.94. The van der Waals surface area contributed by atoms with Gasteiger partial charge in [0.15, 0.2) is 15.6 Å². The Morgan fingerprint density at radius 1 is 0.935 bits per heavy atom. The minimum absolute atomic E-state index is 0.0722. The van der Waals surface area contributed by atoms with Gasteiger partial charge in [-0.2, -0.15) is 0 Å². The van der Waals surface area contributed by atoms with E-state index in [1.165, 1.54) is 36.4 Å². The molecule has 0 spiro atoms. The monoisotopic (exact) mass is 458 g/mol. The van der Waals surface area contributed by atoms with E-state index in [4.69, 9.17) is 14.2 Å². The summed E-state index contributed by atoms with van der Waals surface area (Å²) in [5.41, 5.74) is 0. The zero-order valence-electron chi connectivity index (χ0n) is 16.8. The number of sulfone groups is 1. The highest BCUT2D eigenvalue weighted by atomic mass is 32.2. The minimum atomic E-state index is -4.77. The summed E-state index contributed by atoms with van der Waals surface area (Å²) in [7, 11) is -3.67. The summed E-state index contributed by atoms with van der Waals surface area (Å²) < 4.78 is 81.9. The summed E-state index contributed by atoms with van der Waals surface area (Å²) in [6, 6.07) is 10.5. The van der Waals surface area contributed by atoms with Crippen molar-refractivity contribution in [1.82, 2.24) is 0 Å². The van der Waals surface area contributed by atoms with Gasteiger partial charge in [0.2, 0.25) is 0 Å². The first-order chi connectivity index (χ1) is 14.4. The number of hydrogen-bond donors (Lipinski definition) is 0. The Labute approximate surface area is 178 Å². The molecule has 1 aliphatic rings. The van der Waals surface area contributed by atoms with E-state index in [1.54, 1.807) is 19.9 Å². The van der Waals surface area contributed by atoms with Crippen molar-refractivity contribution >= 4 is 9.84 Å². The van der Waals surface area contributed by atoms with Crippen LogP contribution in [0, 0.1) is 5.92 Å². The number of benzene rings is 2. The molecule has 6 nitrogen and oxygen atoms in total. The minimum Gasteiger partial charge on any atom is -0.457 e. The van der Waals surface area contributed by atoms with E-state index in [0.717, 1.165) is 17.5 Å². The zero-order chi connectivity index (χ0) is 22.7. The van der Waals surface area contributed by atoms with Crippen LogP contribution in [0.15, 0.2) is 64.9 Å². The van der Waals surface area contributed by atoms with Crippen LogP contribution in [0.5, 0.6) is 17.2 Å². The lowest BCUT2D eigenvalue weighted by Crippen LogP contribution is -2.38. The maximum Gasteiger partial charge on any atom is 0.573 e. The number of hydrogen-bond acceptors (Lipinski definition) is 6. The van der Waals surface area contributed by atoms with Crippen LogP contribution < -0.4 is 9.47 Å². The molecule has 0 aliphatic carbocycles. The molecule has 0 aromatic heterocycles. The number of rotatable bonds is 6. The van der Waals surface area contributed by atoms with Gasteiger partial charge in [-0.25, -0.2) is 8.42 Å². The Morgan fingerprint density at radius 2 is 1.42 bits per heavy atom. The highest BCUT2D eigenvalue weighted by Gasteiger charge is 2.31. The highest BCUT2D eigenvalue weighted by Crippen LogP contribution is 2.28. The third-order valence-electron chi connectivity index (χ3n) is 4.27. The summed E-state index contributed by atoms with van der Waals surface area (Å²) in [5, 5.41) is 1.12. The Kier molecular flexibility index (Phi) is 6.63. The molecule has 0 unspecified atom stereocenters. The van der Waals surface area contributed by atoms with Crippen LogP contribution in [0.25, 0.3) is 0 Å². The number of ether oxygens (including phenoxy) is 4. The zero-order valence-corrected chi connectivity index (χ0v) is 17.6. The van der Waals surface area contributed by atoms with Gasteiger partial charge in [0.05, 0.1) is 18.1 Å². The van der Waals surface area contributed by atoms with Gasteiger partial charge < -0.3 is 18.9 Å². The first kappa shape index (κ1) is 23.1. The fourth-order valence-electron chi connectivity index (χ4n) is 2.65. The largest absolute Gasteiger partial charge is 0.573 e. The second-order valence-electron chi connectivity index (χ2n) is 7.25. The first-order valence-corrected chi connectivity index (χ1v) is 10.8. The molecule has 0 atom stereocenters. The molecule has 3 rings (SSSR count). The van der Waals surface area contributed by atoms with Crippen LogP contribution in [0.3, 0.4) is 0 Å². The Bertz CT molecular complexity index is 1000. The summed E-state index contributed by atoms with van der Waals surface area (Å²) in [6.45, 7) is 4.30. The molecule has 2 aromatic carbocycles. The first-order valence-electron chi connectivity index (χ1n) is 9.27. The summed E-state index contributed by atoms with van der Waals surface area (Å²) in [4.78, 5) is 0.0722. The SMILES string of the molecule is CC1(C)OCC(/C=C/S(=O)(=O)c2ccc(Oc3ccc(OC(F)(F)F)cc3)cc2)CO1. The van der Waals surface area contributed by atoms with E-state index < -0.39 is 22.0 Å². The van der Waals surface area contributed by atoms with E-state index >= 15 is 0 Å². The maximum atomic E-state index is 12.5. The summed E-state index contributed by atoms with van der Waals surface area (Å²) >= 11 is 0. The standard InChI is InChI=1S/C21H21F3O6S/c1-20(2)27-13-15(14-28-20)11-12-31(25,26)19-9-7-17(8-10-19)29-16-3-5-18(6-4-16)30-21(22,23)24/h3-12,15H,13-14H2,1-2H3/b12-11+. The molecule has 1 heterocycles. The fraction of sp³-hybridized carbons (Fsp3) is 0.333. The van der Waals surface area contributed by atoms with Crippen molar-refractivity contribution in [3.05, 3.63) is 60.0 Å². The molecule has 0 saturated carbocycles. The molecule has 31 heavy (non-hydrogen) atoms. The van der Waals surface area contributed by atoms with Gasteiger partial charge in [0.25, 0.3) is 0 Å². The molecule has 0 radical (unpaired) electrons. The predicted molar refractivity (Wildman–Crippen MR) is 105 cm³/mol. The molecule has 10 heteroatoms. The average molecular weight is 458 g/mol. The summed E-state index contributed by atoms with van der Waals surface area (Å²) in [6.07, 6.45) is -3.23. The average Bonchev–Trinajstić information content (AvgIpc) is 2.68. The Hall–Kier alpha value is -2.56. The lowest BCUT2D eigenvalue weighted by Gasteiger charge is -2.33. The normalized spacial score (nSPS) is 17.6. The van der Waals surface area contributed by atoms with Gasteiger partial charge in [0, 0.05) is 11.3 Å². The van der Waals surface area contributed by atoms with E-state index in [9.17, 15) is 21.6 Å². The lowest BCUT2D eigenvalue weighted by molar-refractivity contribution is -0.274. The molecule has 0 bridgehead atoms. The van der Waals surface area contributed by atoms with Gasteiger partial charge in [-0.1, -0.05) is 6.08 Å². The van der Waals surface area contributed by atoms with Crippen LogP contribution >= 0.6 is 0 Å². The fourth-order valence-corrected chi connectivity index (χ4v) is 3.75. The quantitative estimate of drug-likeness (QED) is 0.602.